The molecule has 0 amide bonds. The molecule has 1 aliphatic rings. The Balaban J connectivity index is 1.65. The molecule has 0 unspecified atom stereocenters. The Morgan fingerprint density at radius 1 is 1.28 bits per heavy atom. The van der Waals surface area contributed by atoms with Crippen molar-refractivity contribution in [1.82, 2.24) is 19.5 Å². The third-order valence-electron chi connectivity index (χ3n) is 4.22. The van der Waals surface area contributed by atoms with Crippen LogP contribution in [0.15, 0.2) is 43.2 Å². The molecule has 128 valence electrons. The van der Waals surface area contributed by atoms with Crippen LogP contribution in [0.4, 0.5) is 5.82 Å². The van der Waals surface area contributed by atoms with Crippen molar-refractivity contribution in [1.29, 1.82) is 0 Å². The first-order valence-corrected chi connectivity index (χ1v) is 8.13. The van der Waals surface area contributed by atoms with E-state index in [4.69, 9.17) is 9.47 Å². The fraction of sp³-hybridized carbons (Fsp3) is 0.278. The van der Waals surface area contributed by atoms with Gasteiger partial charge in [0.15, 0.2) is 11.5 Å². The van der Waals surface area contributed by atoms with Crippen LogP contribution in [0, 0.1) is 6.92 Å². The average Bonchev–Trinajstić information content (AvgIpc) is 3.16. The second kappa shape index (κ2) is 6.43. The maximum absolute atomic E-state index is 5.84. The van der Waals surface area contributed by atoms with Gasteiger partial charge in [0.1, 0.15) is 24.3 Å². The van der Waals surface area contributed by atoms with Crippen molar-refractivity contribution in [2.45, 2.75) is 19.4 Å². The lowest BCUT2D eigenvalue weighted by atomic mass is 9.98. The highest BCUT2D eigenvalue weighted by atomic mass is 16.5. The number of anilines is 1. The van der Waals surface area contributed by atoms with E-state index in [9.17, 15) is 0 Å². The minimum Gasteiger partial charge on any atom is -0.493 e. The minimum absolute atomic E-state index is 0.100. The normalized spacial score (nSPS) is 16.0. The van der Waals surface area contributed by atoms with Gasteiger partial charge in [-0.05, 0) is 18.6 Å². The summed E-state index contributed by atoms with van der Waals surface area (Å²) in [5.41, 5.74) is 2.22. The van der Waals surface area contributed by atoms with Crippen LogP contribution in [0.25, 0.3) is 5.82 Å². The summed E-state index contributed by atoms with van der Waals surface area (Å²) in [5.74, 6) is 3.10. The van der Waals surface area contributed by atoms with E-state index in [0.717, 1.165) is 40.7 Å². The SMILES string of the molecule is COc1cc(C)cc2c1OCC[C@@H]2Nc1cc(-n2ccnc2)ncn1. The Bertz CT molecular complexity index is 879. The van der Waals surface area contributed by atoms with E-state index in [1.807, 2.05) is 22.9 Å². The van der Waals surface area contributed by atoms with Crippen molar-refractivity contribution in [2.24, 2.45) is 0 Å². The van der Waals surface area contributed by atoms with Gasteiger partial charge < -0.3 is 14.8 Å². The van der Waals surface area contributed by atoms with Crippen molar-refractivity contribution in [3.63, 3.8) is 0 Å². The van der Waals surface area contributed by atoms with Gasteiger partial charge >= 0.3 is 0 Å². The lowest BCUT2D eigenvalue weighted by molar-refractivity contribution is 0.257. The Kier molecular flexibility index (Phi) is 3.97. The molecule has 7 heteroatoms. The van der Waals surface area contributed by atoms with Crippen LogP contribution in [-0.2, 0) is 0 Å². The lowest BCUT2D eigenvalue weighted by Crippen LogP contribution is -2.21. The molecule has 1 aliphatic heterocycles. The highest BCUT2D eigenvalue weighted by Crippen LogP contribution is 2.41. The first-order chi connectivity index (χ1) is 12.2. The third-order valence-corrected chi connectivity index (χ3v) is 4.22. The van der Waals surface area contributed by atoms with Gasteiger partial charge in [0, 0.05) is 30.4 Å². The number of methoxy groups -OCH3 is 1. The summed E-state index contributed by atoms with van der Waals surface area (Å²) < 4.78 is 13.2. The molecule has 0 saturated carbocycles. The molecule has 2 aromatic heterocycles. The number of fused-ring (bicyclic) bond motifs is 1. The Hall–Kier alpha value is -3.09. The van der Waals surface area contributed by atoms with Gasteiger partial charge in [-0.25, -0.2) is 15.0 Å². The number of benzene rings is 1. The number of rotatable bonds is 4. The molecule has 25 heavy (non-hydrogen) atoms. The summed E-state index contributed by atoms with van der Waals surface area (Å²) in [4.78, 5) is 12.7. The number of imidazole rings is 1. The Labute approximate surface area is 145 Å². The molecule has 0 saturated heterocycles. The zero-order chi connectivity index (χ0) is 17.2. The molecule has 7 nitrogen and oxygen atoms in total. The molecule has 1 aromatic carbocycles. The van der Waals surface area contributed by atoms with Crippen molar-refractivity contribution in [3.8, 4) is 17.3 Å². The molecule has 0 spiro atoms. The van der Waals surface area contributed by atoms with Gasteiger partial charge in [0.05, 0.1) is 19.8 Å². The van der Waals surface area contributed by atoms with E-state index in [1.54, 1.807) is 26.0 Å². The molecule has 0 fully saturated rings. The van der Waals surface area contributed by atoms with Gasteiger partial charge in [-0.3, -0.25) is 4.57 Å². The van der Waals surface area contributed by atoms with Gasteiger partial charge in [-0.2, -0.15) is 0 Å². The number of nitrogens with one attached hydrogen (secondary N) is 1. The second-order valence-corrected chi connectivity index (χ2v) is 5.95. The number of nitrogens with zero attached hydrogens (tertiary/aromatic N) is 4. The molecule has 0 aliphatic carbocycles. The zero-order valence-corrected chi connectivity index (χ0v) is 14.1. The van der Waals surface area contributed by atoms with E-state index in [2.05, 4.69) is 33.3 Å². The highest BCUT2D eigenvalue weighted by molar-refractivity contribution is 5.54. The standard InChI is InChI=1S/C18H19N5O2/c1-12-7-13-14(3-6-25-18(13)15(8-12)24-2)22-16-9-17(21-10-20-16)23-5-4-19-11-23/h4-5,7-11,14H,3,6H2,1-2H3,(H,20,21,22)/t14-/m0/s1. The molecule has 0 bridgehead atoms. The van der Waals surface area contributed by atoms with Gasteiger partial charge in [-0.1, -0.05) is 6.07 Å². The molecule has 1 N–H and O–H groups in total. The first kappa shape index (κ1) is 15.4. The molecular weight excluding hydrogens is 318 g/mol. The van der Waals surface area contributed by atoms with Crippen LogP contribution in [0.3, 0.4) is 0 Å². The Morgan fingerprint density at radius 3 is 3.00 bits per heavy atom. The molecule has 3 aromatic rings. The predicted molar refractivity (Wildman–Crippen MR) is 93.4 cm³/mol. The first-order valence-electron chi connectivity index (χ1n) is 8.13. The number of ether oxygens (including phenoxy) is 2. The number of aryl methyl sites for hydroxylation is 1. The summed E-state index contributed by atoms with van der Waals surface area (Å²) in [6.45, 7) is 2.68. The van der Waals surface area contributed by atoms with Crippen molar-refractivity contribution < 1.29 is 9.47 Å². The summed E-state index contributed by atoms with van der Waals surface area (Å²) in [7, 11) is 1.66. The lowest BCUT2D eigenvalue weighted by Gasteiger charge is -2.28. The smallest absolute Gasteiger partial charge is 0.166 e. The molecule has 3 heterocycles. The number of aromatic nitrogens is 4. The van der Waals surface area contributed by atoms with Crippen molar-refractivity contribution >= 4 is 5.82 Å². The zero-order valence-electron chi connectivity index (χ0n) is 14.1. The van der Waals surface area contributed by atoms with Crippen LogP contribution < -0.4 is 14.8 Å². The predicted octanol–water partition coefficient (Wildman–Crippen LogP) is 2.92. The number of hydrogen-bond donors (Lipinski definition) is 1. The summed E-state index contributed by atoms with van der Waals surface area (Å²) >= 11 is 0. The van der Waals surface area contributed by atoms with Gasteiger partial charge in [0.25, 0.3) is 0 Å². The summed E-state index contributed by atoms with van der Waals surface area (Å²) in [6, 6.07) is 6.13. The third kappa shape index (κ3) is 3.00. The van der Waals surface area contributed by atoms with E-state index in [-0.39, 0.29) is 6.04 Å². The molecule has 4 rings (SSSR count). The van der Waals surface area contributed by atoms with Gasteiger partial charge in [0.2, 0.25) is 0 Å². The van der Waals surface area contributed by atoms with Crippen LogP contribution >= 0.6 is 0 Å². The molecular formula is C18H19N5O2. The highest BCUT2D eigenvalue weighted by Gasteiger charge is 2.25. The largest absolute Gasteiger partial charge is 0.493 e. The molecule has 1 atom stereocenters. The van der Waals surface area contributed by atoms with E-state index < -0.39 is 0 Å². The second-order valence-electron chi connectivity index (χ2n) is 5.95. The fourth-order valence-electron chi connectivity index (χ4n) is 3.06. The van der Waals surface area contributed by atoms with Crippen LogP contribution in [0.1, 0.15) is 23.6 Å². The quantitative estimate of drug-likeness (QED) is 0.789. The van der Waals surface area contributed by atoms with Crippen molar-refractivity contribution in [2.75, 3.05) is 19.0 Å². The van der Waals surface area contributed by atoms with E-state index in [0.29, 0.717) is 6.61 Å². The van der Waals surface area contributed by atoms with Crippen LogP contribution in [0.5, 0.6) is 11.5 Å². The maximum atomic E-state index is 5.84. The monoisotopic (exact) mass is 337 g/mol. The molecule has 0 radical (unpaired) electrons. The van der Waals surface area contributed by atoms with E-state index >= 15 is 0 Å². The number of hydrogen-bond acceptors (Lipinski definition) is 6. The van der Waals surface area contributed by atoms with Crippen LogP contribution in [0.2, 0.25) is 0 Å². The fourth-order valence-corrected chi connectivity index (χ4v) is 3.06. The average molecular weight is 337 g/mol. The topological polar surface area (TPSA) is 74.1 Å². The Morgan fingerprint density at radius 2 is 2.20 bits per heavy atom. The summed E-state index contributed by atoms with van der Waals surface area (Å²) in [5, 5.41) is 3.50. The summed E-state index contributed by atoms with van der Waals surface area (Å²) in [6.07, 6.45) is 7.69. The van der Waals surface area contributed by atoms with Gasteiger partial charge in [-0.15, -0.1) is 0 Å². The van der Waals surface area contributed by atoms with E-state index in [1.165, 1.54) is 0 Å². The maximum Gasteiger partial charge on any atom is 0.166 e. The van der Waals surface area contributed by atoms with Crippen LogP contribution in [-0.4, -0.2) is 33.2 Å². The van der Waals surface area contributed by atoms with Crippen molar-refractivity contribution in [3.05, 3.63) is 54.4 Å². The minimum atomic E-state index is 0.100.